The van der Waals surface area contributed by atoms with Crippen molar-refractivity contribution in [3.63, 3.8) is 0 Å². The van der Waals surface area contributed by atoms with Gasteiger partial charge in [-0.15, -0.1) is 0 Å². The number of halogens is 1. The predicted molar refractivity (Wildman–Crippen MR) is 59.8 cm³/mol. The number of aromatic nitrogens is 2. The van der Waals surface area contributed by atoms with Crippen LogP contribution in [0.4, 0.5) is 0 Å². The summed E-state index contributed by atoms with van der Waals surface area (Å²) < 4.78 is 1.68. The van der Waals surface area contributed by atoms with E-state index in [9.17, 15) is 5.11 Å². The van der Waals surface area contributed by atoms with Crippen LogP contribution < -0.4 is 0 Å². The molecule has 1 unspecified atom stereocenters. The molecular formula is C11H17ClN2O. The number of aliphatic hydroxyl groups is 1. The Hall–Kier alpha value is -0.540. The van der Waals surface area contributed by atoms with E-state index in [1.165, 1.54) is 12.8 Å². The molecule has 0 radical (unpaired) electrons. The third-order valence-corrected chi connectivity index (χ3v) is 3.89. The summed E-state index contributed by atoms with van der Waals surface area (Å²) in [5.74, 6) is 0. The predicted octanol–water partition coefficient (Wildman–Crippen LogP) is 2.69. The largest absolute Gasteiger partial charge is 0.386 e. The first-order valence-electron chi connectivity index (χ1n) is 5.40. The number of rotatable bonds is 2. The van der Waals surface area contributed by atoms with Gasteiger partial charge in [0, 0.05) is 7.05 Å². The average Bonchev–Trinajstić information content (AvgIpc) is 2.75. The summed E-state index contributed by atoms with van der Waals surface area (Å²) in [6.45, 7) is 2.13. The molecule has 2 rings (SSSR count). The van der Waals surface area contributed by atoms with Gasteiger partial charge in [-0.05, 0) is 18.3 Å². The van der Waals surface area contributed by atoms with E-state index in [4.69, 9.17) is 11.6 Å². The molecular weight excluding hydrogens is 212 g/mol. The van der Waals surface area contributed by atoms with Gasteiger partial charge >= 0.3 is 0 Å². The van der Waals surface area contributed by atoms with Crippen molar-refractivity contribution in [2.75, 3.05) is 0 Å². The van der Waals surface area contributed by atoms with Crippen LogP contribution in [0.2, 0.25) is 5.02 Å². The molecule has 1 aromatic heterocycles. The maximum atomic E-state index is 10.4. The quantitative estimate of drug-likeness (QED) is 0.845. The molecule has 3 nitrogen and oxygen atoms in total. The summed E-state index contributed by atoms with van der Waals surface area (Å²) >= 11 is 6.04. The highest BCUT2D eigenvalue weighted by Gasteiger charge is 2.39. The molecule has 1 N–H and O–H groups in total. The second-order valence-electron chi connectivity index (χ2n) is 4.77. The highest BCUT2D eigenvalue weighted by atomic mass is 35.5. The molecule has 0 saturated heterocycles. The number of hydrogen-bond acceptors (Lipinski definition) is 2. The molecule has 0 amide bonds. The van der Waals surface area contributed by atoms with E-state index in [1.807, 2.05) is 7.05 Å². The first-order valence-corrected chi connectivity index (χ1v) is 5.78. The minimum absolute atomic E-state index is 0.0303. The molecule has 1 heterocycles. The van der Waals surface area contributed by atoms with Crippen molar-refractivity contribution in [2.24, 2.45) is 12.5 Å². The second-order valence-corrected chi connectivity index (χ2v) is 5.17. The lowest BCUT2D eigenvalue weighted by atomic mass is 9.81. The summed E-state index contributed by atoms with van der Waals surface area (Å²) in [6, 6.07) is 0. The Morgan fingerprint density at radius 2 is 2.13 bits per heavy atom. The van der Waals surface area contributed by atoms with Crippen LogP contribution in [0, 0.1) is 5.41 Å². The van der Waals surface area contributed by atoms with Crippen molar-refractivity contribution in [3.8, 4) is 0 Å². The molecule has 15 heavy (non-hydrogen) atoms. The van der Waals surface area contributed by atoms with Gasteiger partial charge in [-0.2, -0.15) is 5.10 Å². The lowest BCUT2D eigenvalue weighted by Gasteiger charge is -2.30. The minimum atomic E-state index is -0.500. The normalized spacial score (nSPS) is 21.9. The molecule has 0 spiro atoms. The molecule has 1 aromatic rings. The molecule has 0 aromatic carbocycles. The molecule has 1 atom stereocenters. The fourth-order valence-electron chi connectivity index (χ4n) is 2.51. The van der Waals surface area contributed by atoms with E-state index >= 15 is 0 Å². The van der Waals surface area contributed by atoms with Gasteiger partial charge < -0.3 is 5.11 Å². The summed E-state index contributed by atoms with van der Waals surface area (Å²) in [4.78, 5) is 0. The third-order valence-electron chi connectivity index (χ3n) is 3.60. The van der Waals surface area contributed by atoms with Crippen molar-refractivity contribution in [3.05, 3.63) is 16.9 Å². The van der Waals surface area contributed by atoms with E-state index in [0.29, 0.717) is 5.02 Å². The van der Waals surface area contributed by atoms with Crippen LogP contribution in [0.25, 0.3) is 0 Å². The zero-order valence-electron chi connectivity index (χ0n) is 9.20. The van der Waals surface area contributed by atoms with Crippen LogP contribution in [-0.2, 0) is 7.05 Å². The van der Waals surface area contributed by atoms with E-state index in [1.54, 1.807) is 10.9 Å². The van der Waals surface area contributed by atoms with Crippen LogP contribution in [0.5, 0.6) is 0 Å². The molecule has 0 bridgehead atoms. The van der Waals surface area contributed by atoms with Crippen molar-refractivity contribution in [1.82, 2.24) is 9.78 Å². The SMILES string of the molecule is Cn1ncc(Cl)c1C(O)C1(C)CCCC1. The Kier molecular flexibility index (Phi) is 2.77. The van der Waals surface area contributed by atoms with Crippen LogP contribution in [0.3, 0.4) is 0 Å². The van der Waals surface area contributed by atoms with Crippen LogP contribution in [0.15, 0.2) is 6.20 Å². The van der Waals surface area contributed by atoms with Crippen LogP contribution in [-0.4, -0.2) is 14.9 Å². The van der Waals surface area contributed by atoms with E-state index in [-0.39, 0.29) is 5.41 Å². The van der Waals surface area contributed by atoms with Crippen molar-refractivity contribution in [1.29, 1.82) is 0 Å². The second kappa shape index (κ2) is 3.80. The van der Waals surface area contributed by atoms with Crippen molar-refractivity contribution in [2.45, 2.75) is 38.7 Å². The van der Waals surface area contributed by atoms with Gasteiger partial charge in [-0.3, -0.25) is 4.68 Å². The van der Waals surface area contributed by atoms with Crippen LogP contribution in [0.1, 0.15) is 44.4 Å². The maximum Gasteiger partial charge on any atom is 0.102 e. The third kappa shape index (κ3) is 1.79. The first-order chi connectivity index (χ1) is 7.04. The monoisotopic (exact) mass is 228 g/mol. The molecule has 1 aliphatic rings. The topological polar surface area (TPSA) is 38.0 Å². The van der Waals surface area contributed by atoms with Gasteiger partial charge in [0.25, 0.3) is 0 Å². The standard InChI is InChI=1S/C11H17ClN2O/c1-11(5-3-4-6-11)10(15)9-8(12)7-13-14(9)2/h7,10,15H,3-6H2,1-2H3. The van der Waals surface area contributed by atoms with Gasteiger partial charge in [0.2, 0.25) is 0 Å². The smallest absolute Gasteiger partial charge is 0.102 e. The molecule has 1 saturated carbocycles. The van der Waals surface area contributed by atoms with Crippen molar-refractivity contribution < 1.29 is 5.11 Å². The maximum absolute atomic E-state index is 10.4. The fraction of sp³-hybridized carbons (Fsp3) is 0.727. The summed E-state index contributed by atoms with van der Waals surface area (Å²) in [5, 5.41) is 15.0. The minimum Gasteiger partial charge on any atom is -0.386 e. The molecule has 84 valence electrons. The Morgan fingerprint density at radius 3 is 2.60 bits per heavy atom. The molecule has 4 heteroatoms. The summed E-state index contributed by atoms with van der Waals surface area (Å²) in [5.41, 5.74) is 0.721. The lowest BCUT2D eigenvalue weighted by molar-refractivity contribution is 0.0344. The summed E-state index contributed by atoms with van der Waals surface area (Å²) in [7, 11) is 1.82. The van der Waals surface area contributed by atoms with Crippen LogP contribution >= 0.6 is 11.6 Å². The first kappa shape index (κ1) is 11.0. The van der Waals surface area contributed by atoms with E-state index < -0.39 is 6.10 Å². The number of aryl methyl sites for hydroxylation is 1. The Labute approximate surface area is 95.0 Å². The average molecular weight is 229 g/mol. The highest BCUT2D eigenvalue weighted by Crippen LogP contribution is 2.48. The van der Waals surface area contributed by atoms with Gasteiger partial charge in [0.1, 0.15) is 6.10 Å². The fourth-order valence-corrected chi connectivity index (χ4v) is 2.78. The molecule has 1 fully saturated rings. The van der Waals surface area contributed by atoms with Gasteiger partial charge in [0.15, 0.2) is 0 Å². The Balaban J connectivity index is 2.31. The number of aliphatic hydroxyl groups excluding tert-OH is 1. The number of nitrogens with zero attached hydrogens (tertiary/aromatic N) is 2. The lowest BCUT2D eigenvalue weighted by Crippen LogP contribution is -2.24. The molecule has 1 aliphatic carbocycles. The van der Waals surface area contributed by atoms with E-state index in [0.717, 1.165) is 18.5 Å². The Bertz CT molecular complexity index is 336. The molecule has 0 aliphatic heterocycles. The summed E-state index contributed by atoms with van der Waals surface area (Å²) in [6.07, 6.45) is 5.62. The Morgan fingerprint density at radius 1 is 1.53 bits per heavy atom. The number of hydrogen-bond donors (Lipinski definition) is 1. The van der Waals surface area contributed by atoms with Gasteiger partial charge in [-0.25, -0.2) is 0 Å². The highest BCUT2D eigenvalue weighted by molar-refractivity contribution is 6.31. The van der Waals surface area contributed by atoms with Gasteiger partial charge in [0.05, 0.1) is 16.9 Å². The zero-order chi connectivity index (χ0) is 11.1. The van der Waals surface area contributed by atoms with Gasteiger partial charge in [-0.1, -0.05) is 31.4 Å². The zero-order valence-corrected chi connectivity index (χ0v) is 9.96. The van der Waals surface area contributed by atoms with Crippen molar-refractivity contribution >= 4 is 11.6 Å². The van der Waals surface area contributed by atoms with E-state index in [2.05, 4.69) is 12.0 Å².